The number of halogens is 1. The van der Waals surface area contributed by atoms with Gasteiger partial charge in [0, 0.05) is 16.1 Å². The highest BCUT2D eigenvalue weighted by atomic mass is 35.5. The van der Waals surface area contributed by atoms with Crippen LogP contribution in [0.25, 0.3) is 0 Å². The van der Waals surface area contributed by atoms with E-state index < -0.39 is 23.1 Å². The molecule has 2 N–H and O–H groups in total. The van der Waals surface area contributed by atoms with Crippen LogP contribution in [0, 0.1) is 5.41 Å². The zero-order valence-electron chi connectivity index (χ0n) is 16.6. The van der Waals surface area contributed by atoms with Crippen LogP contribution in [-0.4, -0.2) is 29.0 Å². The number of aromatic hydroxyl groups is 1. The molecule has 2 aromatic carbocycles. The summed E-state index contributed by atoms with van der Waals surface area (Å²) in [6.07, 6.45) is 0. The third-order valence-electron chi connectivity index (χ3n) is 4.76. The minimum absolute atomic E-state index is 0.0120. The van der Waals surface area contributed by atoms with Gasteiger partial charge < -0.3 is 14.9 Å². The number of anilines is 1. The molecule has 152 valence electrons. The van der Waals surface area contributed by atoms with E-state index in [1.165, 1.54) is 18.1 Å². The third-order valence-corrected chi connectivity index (χ3v) is 5.01. The Labute approximate surface area is 174 Å². The molecule has 0 fully saturated rings. The van der Waals surface area contributed by atoms with Crippen molar-refractivity contribution in [1.82, 2.24) is 0 Å². The number of ketones is 1. The number of nitrogens with zero attached hydrogens (tertiary/aromatic N) is 1. The summed E-state index contributed by atoms with van der Waals surface area (Å²) in [6.45, 7) is 5.15. The van der Waals surface area contributed by atoms with Gasteiger partial charge in [-0.25, -0.2) is 0 Å². The monoisotopic (exact) mass is 415 g/mol. The number of phenolic OH excluding ortho intramolecular Hbond substituents is 1. The molecule has 1 aliphatic rings. The van der Waals surface area contributed by atoms with Gasteiger partial charge in [-0.05, 0) is 42.0 Å². The topological polar surface area (TPSA) is 87.1 Å². The fraction of sp³-hybridized carbons (Fsp3) is 0.273. The van der Waals surface area contributed by atoms with E-state index in [1.807, 2.05) is 0 Å². The second-order valence-electron chi connectivity index (χ2n) is 7.83. The molecule has 0 aromatic heterocycles. The third kappa shape index (κ3) is 3.68. The fourth-order valence-electron chi connectivity index (χ4n) is 3.30. The summed E-state index contributed by atoms with van der Waals surface area (Å²) in [5.74, 6) is -1.53. The summed E-state index contributed by atoms with van der Waals surface area (Å²) >= 11 is 5.97. The molecule has 2 aromatic rings. The van der Waals surface area contributed by atoms with Crippen molar-refractivity contribution in [2.75, 3.05) is 12.0 Å². The summed E-state index contributed by atoms with van der Waals surface area (Å²) < 4.78 is 5.08. The van der Waals surface area contributed by atoms with Crippen LogP contribution in [0.15, 0.2) is 53.8 Å². The van der Waals surface area contributed by atoms with Crippen LogP contribution in [0.2, 0.25) is 5.02 Å². The van der Waals surface area contributed by atoms with Gasteiger partial charge in [-0.1, -0.05) is 38.4 Å². The average molecular weight is 416 g/mol. The van der Waals surface area contributed by atoms with E-state index in [-0.39, 0.29) is 22.9 Å². The fourth-order valence-corrected chi connectivity index (χ4v) is 3.43. The molecule has 0 aliphatic carbocycles. The van der Waals surface area contributed by atoms with Crippen molar-refractivity contribution >= 4 is 29.0 Å². The van der Waals surface area contributed by atoms with Crippen LogP contribution in [0.1, 0.15) is 32.4 Å². The van der Waals surface area contributed by atoms with Gasteiger partial charge in [-0.15, -0.1) is 0 Å². The molecule has 1 amide bonds. The Morgan fingerprint density at radius 1 is 1.10 bits per heavy atom. The van der Waals surface area contributed by atoms with Crippen molar-refractivity contribution in [3.8, 4) is 11.5 Å². The van der Waals surface area contributed by atoms with Crippen LogP contribution in [0.3, 0.4) is 0 Å². The summed E-state index contributed by atoms with van der Waals surface area (Å²) in [7, 11) is 1.42. The van der Waals surface area contributed by atoms with Crippen LogP contribution in [-0.2, 0) is 9.59 Å². The Bertz CT molecular complexity index is 1000. The number of aliphatic hydroxyl groups is 1. The van der Waals surface area contributed by atoms with E-state index >= 15 is 0 Å². The number of hydrogen-bond acceptors (Lipinski definition) is 5. The predicted octanol–water partition coefficient (Wildman–Crippen LogP) is 4.57. The second kappa shape index (κ2) is 7.44. The maximum Gasteiger partial charge on any atom is 0.294 e. The van der Waals surface area contributed by atoms with Crippen molar-refractivity contribution in [3.05, 3.63) is 64.4 Å². The van der Waals surface area contributed by atoms with Crippen LogP contribution < -0.4 is 9.64 Å². The number of aliphatic hydroxyl groups excluding tert-OH is 1. The van der Waals surface area contributed by atoms with Gasteiger partial charge in [0.15, 0.2) is 23.0 Å². The van der Waals surface area contributed by atoms with Crippen LogP contribution in [0.5, 0.6) is 11.5 Å². The number of amides is 1. The molecule has 7 heteroatoms. The van der Waals surface area contributed by atoms with E-state index in [0.29, 0.717) is 16.3 Å². The quantitative estimate of drug-likeness (QED) is 0.763. The largest absolute Gasteiger partial charge is 0.504 e. The predicted molar refractivity (Wildman–Crippen MR) is 110 cm³/mol. The van der Waals surface area contributed by atoms with Crippen molar-refractivity contribution in [2.45, 2.75) is 26.8 Å². The van der Waals surface area contributed by atoms with E-state index in [9.17, 15) is 19.8 Å². The van der Waals surface area contributed by atoms with E-state index in [4.69, 9.17) is 16.3 Å². The lowest BCUT2D eigenvalue weighted by Gasteiger charge is -2.29. The molecule has 0 saturated carbocycles. The Hall–Kier alpha value is -2.99. The number of hydrogen-bond donors (Lipinski definition) is 2. The van der Waals surface area contributed by atoms with E-state index in [0.717, 1.165) is 0 Å². The maximum absolute atomic E-state index is 13.1. The number of phenols is 1. The first-order valence-corrected chi connectivity index (χ1v) is 9.38. The number of carbonyl (C=O) groups is 2. The van der Waals surface area contributed by atoms with Gasteiger partial charge in [-0.3, -0.25) is 14.5 Å². The summed E-state index contributed by atoms with van der Waals surface area (Å²) in [5, 5.41) is 21.4. The van der Waals surface area contributed by atoms with Crippen molar-refractivity contribution in [1.29, 1.82) is 0 Å². The van der Waals surface area contributed by atoms with E-state index in [2.05, 4.69) is 0 Å². The summed E-state index contributed by atoms with van der Waals surface area (Å²) in [6, 6.07) is 10.2. The molecule has 1 aliphatic heterocycles. The molecule has 3 rings (SSSR count). The molecule has 0 spiro atoms. The highest BCUT2D eigenvalue weighted by Crippen LogP contribution is 2.45. The summed E-state index contributed by atoms with van der Waals surface area (Å²) in [4.78, 5) is 27.4. The Kier molecular flexibility index (Phi) is 5.32. The molecular weight excluding hydrogens is 394 g/mol. The minimum Gasteiger partial charge on any atom is -0.504 e. The number of carbonyl (C=O) groups excluding carboxylic acids is 2. The standard InChI is InChI=1S/C22H22ClNO5/c1-22(2,3)20(27)17-18(12-5-10-16(29-4)15(25)11-12)24(21(28)19(17)26)14-8-6-13(23)7-9-14/h5-11,18,25-26H,1-4H3. The number of methoxy groups -OCH3 is 1. The van der Waals surface area contributed by atoms with Crippen LogP contribution >= 0.6 is 11.6 Å². The molecule has 0 radical (unpaired) electrons. The van der Waals surface area contributed by atoms with Crippen LogP contribution in [0.4, 0.5) is 5.69 Å². The SMILES string of the molecule is COc1ccc(C2C(C(=O)C(C)(C)C)=C(O)C(=O)N2c2ccc(Cl)cc2)cc1O. The molecule has 0 saturated heterocycles. The number of ether oxygens (including phenoxy) is 1. The molecule has 0 bridgehead atoms. The van der Waals surface area contributed by atoms with Gasteiger partial charge in [0.1, 0.15) is 0 Å². The first-order chi connectivity index (χ1) is 13.6. The first-order valence-electron chi connectivity index (χ1n) is 9.00. The lowest BCUT2D eigenvalue weighted by Crippen LogP contribution is -2.32. The number of rotatable bonds is 4. The minimum atomic E-state index is -0.910. The highest BCUT2D eigenvalue weighted by molar-refractivity contribution is 6.30. The second-order valence-corrected chi connectivity index (χ2v) is 8.26. The first kappa shape index (κ1) is 20.7. The maximum atomic E-state index is 13.1. The van der Waals surface area contributed by atoms with Gasteiger partial charge in [0.05, 0.1) is 18.7 Å². The Balaban J connectivity index is 2.22. The Morgan fingerprint density at radius 3 is 2.24 bits per heavy atom. The van der Waals surface area contributed by atoms with E-state index in [1.54, 1.807) is 57.2 Å². The normalized spacial score (nSPS) is 17.1. The zero-order valence-corrected chi connectivity index (χ0v) is 17.3. The molecular formula is C22H22ClNO5. The Morgan fingerprint density at radius 2 is 1.72 bits per heavy atom. The summed E-state index contributed by atoms with van der Waals surface area (Å²) in [5.41, 5.74) is 0.0834. The lowest BCUT2D eigenvalue weighted by atomic mass is 9.82. The highest BCUT2D eigenvalue weighted by Gasteiger charge is 2.46. The molecule has 1 unspecified atom stereocenters. The zero-order chi connectivity index (χ0) is 21.5. The lowest BCUT2D eigenvalue weighted by molar-refractivity contribution is -0.123. The molecule has 1 heterocycles. The molecule has 29 heavy (non-hydrogen) atoms. The van der Waals surface area contributed by atoms with Crippen molar-refractivity contribution < 1.29 is 24.5 Å². The van der Waals surface area contributed by atoms with Gasteiger partial charge in [0.2, 0.25) is 0 Å². The van der Waals surface area contributed by atoms with Crippen molar-refractivity contribution in [2.24, 2.45) is 5.41 Å². The van der Waals surface area contributed by atoms with Gasteiger partial charge in [0.25, 0.3) is 5.91 Å². The average Bonchev–Trinajstić information content (AvgIpc) is 2.92. The number of benzene rings is 2. The van der Waals surface area contributed by atoms with Gasteiger partial charge in [-0.2, -0.15) is 0 Å². The smallest absolute Gasteiger partial charge is 0.294 e. The molecule has 1 atom stereocenters. The van der Waals surface area contributed by atoms with Crippen molar-refractivity contribution in [3.63, 3.8) is 0 Å². The number of Topliss-reactive ketones (excluding diaryl/α,β-unsaturated/α-hetero) is 1. The van der Waals surface area contributed by atoms with Gasteiger partial charge >= 0.3 is 0 Å². The molecule has 6 nitrogen and oxygen atoms in total.